The third kappa shape index (κ3) is 5.48. The number of para-hydroxylation sites is 3. The van der Waals surface area contributed by atoms with Gasteiger partial charge in [-0.15, -0.1) is 0 Å². The summed E-state index contributed by atoms with van der Waals surface area (Å²) >= 11 is 0. The molecule has 0 saturated carbocycles. The number of benzene rings is 2. The van der Waals surface area contributed by atoms with Crippen LogP contribution in [0.25, 0.3) is 0 Å². The summed E-state index contributed by atoms with van der Waals surface area (Å²) in [6, 6.07) is 17.7. The van der Waals surface area contributed by atoms with E-state index in [2.05, 4.69) is 19.2 Å². The fraction of sp³-hybridized carbons (Fsp3) is 0.333. The van der Waals surface area contributed by atoms with Crippen molar-refractivity contribution >= 4 is 5.69 Å². The maximum atomic E-state index is 5.90. The Morgan fingerprint density at radius 1 is 0.952 bits per heavy atom. The van der Waals surface area contributed by atoms with Gasteiger partial charge < -0.3 is 14.8 Å². The molecule has 0 heterocycles. The van der Waals surface area contributed by atoms with E-state index in [1.54, 1.807) is 0 Å². The van der Waals surface area contributed by atoms with E-state index in [4.69, 9.17) is 9.47 Å². The first kappa shape index (κ1) is 15.4. The van der Waals surface area contributed by atoms with E-state index in [9.17, 15) is 0 Å². The molecule has 0 saturated heterocycles. The highest BCUT2D eigenvalue weighted by Crippen LogP contribution is 2.28. The number of rotatable bonds is 8. The molecule has 21 heavy (non-hydrogen) atoms. The minimum absolute atomic E-state index is 0.568. The molecule has 0 atom stereocenters. The van der Waals surface area contributed by atoms with Gasteiger partial charge in [0.15, 0.2) is 5.75 Å². The van der Waals surface area contributed by atoms with Crippen LogP contribution in [0.5, 0.6) is 11.5 Å². The molecule has 0 bridgehead atoms. The Hall–Kier alpha value is -2.00. The second-order valence-electron chi connectivity index (χ2n) is 5.31. The predicted octanol–water partition coefficient (Wildman–Crippen LogP) is 4.56. The molecule has 2 aromatic carbocycles. The van der Waals surface area contributed by atoms with Gasteiger partial charge in [0.05, 0.1) is 12.3 Å². The third-order valence-electron chi connectivity index (χ3n) is 2.87. The van der Waals surface area contributed by atoms with Crippen molar-refractivity contribution in [2.45, 2.75) is 13.8 Å². The van der Waals surface area contributed by atoms with Crippen LogP contribution in [0.4, 0.5) is 5.69 Å². The first-order valence-electron chi connectivity index (χ1n) is 7.39. The van der Waals surface area contributed by atoms with Crippen molar-refractivity contribution in [1.29, 1.82) is 0 Å². The number of anilines is 1. The van der Waals surface area contributed by atoms with Crippen molar-refractivity contribution in [2.24, 2.45) is 5.92 Å². The first-order chi connectivity index (χ1) is 10.3. The van der Waals surface area contributed by atoms with Crippen LogP contribution in [0.2, 0.25) is 0 Å². The standard InChI is InChI=1S/C18H23NO2/c1-15(2)14-20-13-12-19-17-10-6-7-11-18(17)21-16-8-4-3-5-9-16/h3-11,15,19H,12-14H2,1-2H3. The van der Waals surface area contributed by atoms with Gasteiger partial charge in [0.1, 0.15) is 5.75 Å². The van der Waals surface area contributed by atoms with Crippen molar-refractivity contribution in [2.75, 3.05) is 25.1 Å². The van der Waals surface area contributed by atoms with Crippen LogP contribution in [-0.4, -0.2) is 19.8 Å². The average molecular weight is 285 g/mol. The Labute approximate surface area is 126 Å². The molecule has 3 nitrogen and oxygen atoms in total. The van der Waals surface area contributed by atoms with Crippen LogP contribution in [0.3, 0.4) is 0 Å². The number of hydrogen-bond donors (Lipinski definition) is 1. The van der Waals surface area contributed by atoms with Crippen LogP contribution in [-0.2, 0) is 4.74 Å². The second kappa shape index (κ2) is 8.32. The minimum atomic E-state index is 0.568. The lowest BCUT2D eigenvalue weighted by Crippen LogP contribution is -2.12. The Bertz CT molecular complexity index is 526. The van der Waals surface area contributed by atoms with E-state index < -0.39 is 0 Å². The van der Waals surface area contributed by atoms with E-state index >= 15 is 0 Å². The molecule has 0 aliphatic heterocycles. The van der Waals surface area contributed by atoms with Gasteiger partial charge in [0, 0.05) is 13.2 Å². The van der Waals surface area contributed by atoms with E-state index in [1.165, 1.54) is 0 Å². The summed E-state index contributed by atoms with van der Waals surface area (Å²) in [6.45, 7) is 6.55. The fourth-order valence-electron chi connectivity index (χ4n) is 1.89. The lowest BCUT2D eigenvalue weighted by Gasteiger charge is -2.13. The maximum absolute atomic E-state index is 5.90. The Balaban J connectivity index is 1.88. The summed E-state index contributed by atoms with van der Waals surface area (Å²) in [6.07, 6.45) is 0. The fourth-order valence-corrected chi connectivity index (χ4v) is 1.89. The van der Waals surface area contributed by atoms with Crippen molar-refractivity contribution in [1.82, 2.24) is 0 Å². The summed E-state index contributed by atoms with van der Waals surface area (Å²) in [4.78, 5) is 0. The molecular formula is C18H23NO2. The van der Waals surface area contributed by atoms with Gasteiger partial charge in [-0.1, -0.05) is 44.2 Å². The van der Waals surface area contributed by atoms with Crippen LogP contribution < -0.4 is 10.1 Å². The molecule has 112 valence electrons. The number of hydrogen-bond acceptors (Lipinski definition) is 3. The molecule has 0 unspecified atom stereocenters. The van der Waals surface area contributed by atoms with Gasteiger partial charge in [0.25, 0.3) is 0 Å². The van der Waals surface area contributed by atoms with Crippen LogP contribution >= 0.6 is 0 Å². The monoisotopic (exact) mass is 285 g/mol. The summed E-state index contributed by atoms with van der Waals surface area (Å²) < 4.78 is 11.5. The SMILES string of the molecule is CC(C)COCCNc1ccccc1Oc1ccccc1. The zero-order valence-corrected chi connectivity index (χ0v) is 12.7. The smallest absolute Gasteiger partial charge is 0.150 e. The lowest BCUT2D eigenvalue weighted by molar-refractivity contribution is 0.118. The molecule has 1 N–H and O–H groups in total. The predicted molar refractivity (Wildman–Crippen MR) is 87.1 cm³/mol. The van der Waals surface area contributed by atoms with Gasteiger partial charge in [-0.25, -0.2) is 0 Å². The highest BCUT2D eigenvalue weighted by atomic mass is 16.5. The Morgan fingerprint density at radius 2 is 1.67 bits per heavy atom. The Kier molecular flexibility index (Phi) is 6.10. The lowest BCUT2D eigenvalue weighted by atomic mass is 10.2. The van der Waals surface area contributed by atoms with E-state index in [0.717, 1.165) is 30.3 Å². The molecule has 2 aromatic rings. The van der Waals surface area contributed by atoms with Crippen LogP contribution in [0, 0.1) is 5.92 Å². The Morgan fingerprint density at radius 3 is 2.43 bits per heavy atom. The summed E-state index contributed by atoms with van der Waals surface area (Å²) in [5.41, 5.74) is 0.981. The third-order valence-corrected chi connectivity index (χ3v) is 2.87. The molecule has 0 aliphatic carbocycles. The molecule has 0 radical (unpaired) electrons. The molecule has 0 amide bonds. The molecule has 2 rings (SSSR count). The average Bonchev–Trinajstić information content (AvgIpc) is 2.49. The molecule has 0 aromatic heterocycles. The van der Waals surface area contributed by atoms with Gasteiger partial charge in [-0.3, -0.25) is 0 Å². The summed E-state index contributed by atoms with van der Waals surface area (Å²) in [7, 11) is 0. The summed E-state index contributed by atoms with van der Waals surface area (Å²) in [5, 5.41) is 3.36. The van der Waals surface area contributed by atoms with Crippen molar-refractivity contribution in [3.8, 4) is 11.5 Å². The van der Waals surface area contributed by atoms with E-state index in [0.29, 0.717) is 12.5 Å². The normalized spacial score (nSPS) is 10.6. The molecule has 0 aliphatic rings. The van der Waals surface area contributed by atoms with Crippen molar-refractivity contribution in [3.63, 3.8) is 0 Å². The highest BCUT2D eigenvalue weighted by Gasteiger charge is 2.03. The topological polar surface area (TPSA) is 30.5 Å². The van der Waals surface area contributed by atoms with Crippen LogP contribution in [0.1, 0.15) is 13.8 Å². The molecular weight excluding hydrogens is 262 g/mol. The number of ether oxygens (including phenoxy) is 2. The molecule has 0 fully saturated rings. The van der Waals surface area contributed by atoms with Crippen molar-refractivity contribution < 1.29 is 9.47 Å². The second-order valence-corrected chi connectivity index (χ2v) is 5.31. The van der Waals surface area contributed by atoms with Gasteiger partial charge in [-0.05, 0) is 30.2 Å². The first-order valence-corrected chi connectivity index (χ1v) is 7.39. The van der Waals surface area contributed by atoms with Gasteiger partial charge in [0.2, 0.25) is 0 Å². The van der Waals surface area contributed by atoms with Crippen molar-refractivity contribution in [3.05, 3.63) is 54.6 Å². The van der Waals surface area contributed by atoms with Gasteiger partial charge in [-0.2, -0.15) is 0 Å². The van der Waals surface area contributed by atoms with E-state index in [1.807, 2.05) is 54.6 Å². The van der Waals surface area contributed by atoms with Gasteiger partial charge >= 0.3 is 0 Å². The zero-order chi connectivity index (χ0) is 14.9. The molecule has 3 heteroatoms. The maximum Gasteiger partial charge on any atom is 0.150 e. The zero-order valence-electron chi connectivity index (χ0n) is 12.7. The largest absolute Gasteiger partial charge is 0.455 e. The highest BCUT2D eigenvalue weighted by molar-refractivity contribution is 5.57. The number of nitrogens with one attached hydrogen (secondary N) is 1. The van der Waals surface area contributed by atoms with Crippen LogP contribution in [0.15, 0.2) is 54.6 Å². The minimum Gasteiger partial charge on any atom is -0.455 e. The van der Waals surface area contributed by atoms with E-state index in [-0.39, 0.29) is 0 Å². The summed E-state index contributed by atoms with van der Waals surface area (Å²) in [5.74, 6) is 2.23. The molecule has 0 spiro atoms. The quantitative estimate of drug-likeness (QED) is 0.721.